The van der Waals surface area contributed by atoms with Gasteiger partial charge >= 0.3 is 11.9 Å². The Bertz CT molecular complexity index is 871. The first kappa shape index (κ1) is 22.7. The van der Waals surface area contributed by atoms with E-state index in [0.29, 0.717) is 10.6 Å². The molecule has 1 saturated heterocycles. The zero-order valence-corrected chi connectivity index (χ0v) is 16.9. The SMILES string of the molecule is O=C(O)C(=O)O.O=C(c1cccc(Cl)c1)N1CCN(Cc2ccccc2Cl)CC1. The van der Waals surface area contributed by atoms with E-state index in [0.717, 1.165) is 43.3 Å². The molecule has 0 unspecified atom stereocenters. The van der Waals surface area contributed by atoms with Crippen LogP contribution >= 0.6 is 23.2 Å². The van der Waals surface area contributed by atoms with Crippen LogP contribution in [-0.2, 0) is 16.1 Å². The molecular formula is C20H20Cl2N2O5. The summed E-state index contributed by atoms with van der Waals surface area (Å²) in [7, 11) is 0. The Kier molecular flexibility index (Phi) is 8.45. The molecule has 0 spiro atoms. The number of amides is 1. The van der Waals surface area contributed by atoms with Crippen LogP contribution < -0.4 is 0 Å². The van der Waals surface area contributed by atoms with Crippen molar-refractivity contribution in [3.05, 3.63) is 69.7 Å². The highest BCUT2D eigenvalue weighted by Crippen LogP contribution is 2.19. The number of halogens is 2. The van der Waals surface area contributed by atoms with Gasteiger partial charge in [0.2, 0.25) is 0 Å². The first-order chi connectivity index (χ1) is 13.8. The van der Waals surface area contributed by atoms with E-state index in [1.54, 1.807) is 12.1 Å². The van der Waals surface area contributed by atoms with E-state index in [4.69, 9.17) is 43.0 Å². The molecule has 1 aliphatic heterocycles. The summed E-state index contributed by atoms with van der Waals surface area (Å²) in [5.74, 6) is -3.60. The van der Waals surface area contributed by atoms with E-state index in [1.807, 2.05) is 41.3 Å². The molecule has 0 aromatic heterocycles. The minimum absolute atomic E-state index is 0.0462. The van der Waals surface area contributed by atoms with Gasteiger partial charge in [-0.1, -0.05) is 47.5 Å². The molecule has 0 atom stereocenters. The lowest BCUT2D eigenvalue weighted by Gasteiger charge is -2.35. The van der Waals surface area contributed by atoms with Crippen LogP contribution in [0.25, 0.3) is 0 Å². The van der Waals surface area contributed by atoms with Crippen molar-refractivity contribution >= 4 is 41.0 Å². The third kappa shape index (κ3) is 7.05. The van der Waals surface area contributed by atoms with Crippen molar-refractivity contribution in [1.29, 1.82) is 0 Å². The van der Waals surface area contributed by atoms with Gasteiger partial charge in [0, 0.05) is 48.3 Å². The number of carboxylic acids is 2. The Balaban J connectivity index is 0.000000438. The van der Waals surface area contributed by atoms with E-state index < -0.39 is 11.9 Å². The van der Waals surface area contributed by atoms with Crippen molar-refractivity contribution in [2.45, 2.75) is 6.54 Å². The molecule has 1 heterocycles. The van der Waals surface area contributed by atoms with Crippen LogP contribution in [0.15, 0.2) is 48.5 Å². The number of hydrogen-bond donors (Lipinski definition) is 2. The first-order valence-corrected chi connectivity index (χ1v) is 9.50. The number of carbonyl (C=O) groups excluding carboxylic acids is 1. The smallest absolute Gasteiger partial charge is 0.414 e. The lowest BCUT2D eigenvalue weighted by molar-refractivity contribution is -0.159. The Morgan fingerprint density at radius 3 is 2.03 bits per heavy atom. The largest absolute Gasteiger partial charge is 0.473 e. The van der Waals surface area contributed by atoms with Gasteiger partial charge in [0.05, 0.1) is 0 Å². The minimum Gasteiger partial charge on any atom is -0.473 e. The molecule has 2 aromatic carbocycles. The summed E-state index contributed by atoms with van der Waals surface area (Å²) in [5, 5.41) is 16.2. The van der Waals surface area contributed by atoms with Crippen LogP contribution in [0.2, 0.25) is 10.0 Å². The molecule has 0 saturated carbocycles. The van der Waals surface area contributed by atoms with Gasteiger partial charge in [0.25, 0.3) is 5.91 Å². The number of carbonyl (C=O) groups is 3. The van der Waals surface area contributed by atoms with Crippen molar-refractivity contribution in [1.82, 2.24) is 9.80 Å². The second kappa shape index (κ2) is 10.8. The average molecular weight is 439 g/mol. The fourth-order valence-electron chi connectivity index (χ4n) is 2.78. The molecule has 0 radical (unpaired) electrons. The highest BCUT2D eigenvalue weighted by Gasteiger charge is 2.22. The third-order valence-electron chi connectivity index (χ3n) is 4.27. The molecule has 0 bridgehead atoms. The Morgan fingerprint density at radius 2 is 1.48 bits per heavy atom. The standard InChI is InChI=1S/C18H18Cl2N2O.C2H2O4/c19-16-6-3-5-14(12-16)18(23)22-10-8-21(9-11-22)13-15-4-1-2-7-17(15)20;3-1(4)2(5)6/h1-7,12H,8-11,13H2;(H,3,4)(H,5,6). The minimum atomic E-state index is -1.82. The fourth-order valence-corrected chi connectivity index (χ4v) is 3.17. The van der Waals surface area contributed by atoms with Crippen molar-refractivity contribution in [3.63, 3.8) is 0 Å². The summed E-state index contributed by atoms with van der Waals surface area (Å²) < 4.78 is 0. The summed E-state index contributed by atoms with van der Waals surface area (Å²) in [6.07, 6.45) is 0. The fraction of sp³-hybridized carbons (Fsp3) is 0.250. The normalized spacial score (nSPS) is 13.9. The van der Waals surface area contributed by atoms with Gasteiger partial charge in [-0.25, -0.2) is 9.59 Å². The van der Waals surface area contributed by atoms with Gasteiger partial charge in [-0.2, -0.15) is 0 Å². The number of aliphatic carboxylic acids is 2. The van der Waals surface area contributed by atoms with E-state index in [9.17, 15) is 4.79 Å². The summed E-state index contributed by atoms with van der Waals surface area (Å²) in [4.78, 5) is 34.9. The summed E-state index contributed by atoms with van der Waals surface area (Å²) in [6, 6.07) is 15.0. The van der Waals surface area contributed by atoms with Crippen LogP contribution in [0.5, 0.6) is 0 Å². The average Bonchev–Trinajstić information content (AvgIpc) is 2.70. The first-order valence-electron chi connectivity index (χ1n) is 8.74. The summed E-state index contributed by atoms with van der Waals surface area (Å²) in [6.45, 7) is 3.94. The molecule has 0 aliphatic carbocycles. The zero-order chi connectivity index (χ0) is 21.4. The number of nitrogens with zero attached hydrogens (tertiary/aromatic N) is 2. The monoisotopic (exact) mass is 438 g/mol. The van der Waals surface area contributed by atoms with Crippen molar-refractivity contribution < 1.29 is 24.6 Å². The topological polar surface area (TPSA) is 98.1 Å². The second-order valence-electron chi connectivity index (χ2n) is 6.28. The molecule has 1 fully saturated rings. The lowest BCUT2D eigenvalue weighted by Crippen LogP contribution is -2.48. The number of benzene rings is 2. The van der Waals surface area contributed by atoms with Crippen molar-refractivity contribution in [2.75, 3.05) is 26.2 Å². The predicted molar refractivity (Wildman–Crippen MR) is 109 cm³/mol. The molecule has 3 rings (SSSR count). The lowest BCUT2D eigenvalue weighted by atomic mass is 10.1. The number of carboxylic acid groups (broad SMARTS) is 2. The maximum absolute atomic E-state index is 12.5. The Morgan fingerprint density at radius 1 is 0.862 bits per heavy atom. The molecule has 9 heteroatoms. The highest BCUT2D eigenvalue weighted by molar-refractivity contribution is 6.31. The van der Waals surface area contributed by atoms with Crippen LogP contribution in [0, 0.1) is 0 Å². The molecule has 2 aromatic rings. The van der Waals surface area contributed by atoms with Crippen LogP contribution in [-0.4, -0.2) is 64.0 Å². The number of hydrogen-bond acceptors (Lipinski definition) is 4. The molecule has 1 amide bonds. The molecule has 2 N–H and O–H groups in total. The van der Waals surface area contributed by atoms with Crippen LogP contribution in [0.4, 0.5) is 0 Å². The van der Waals surface area contributed by atoms with Gasteiger partial charge in [0.15, 0.2) is 0 Å². The van der Waals surface area contributed by atoms with Gasteiger partial charge in [-0.3, -0.25) is 9.69 Å². The quantitative estimate of drug-likeness (QED) is 0.714. The van der Waals surface area contributed by atoms with Crippen molar-refractivity contribution in [3.8, 4) is 0 Å². The molecule has 1 aliphatic rings. The predicted octanol–water partition coefficient (Wildman–Crippen LogP) is 3.11. The van der Waals surface area contributed by atoms with Gasteiger partial charge in [-0.15, -0.1) is 0 Å². The molecule has 7 nitrogen and oxygen atoms in total. The van der Waals surface area contributed by atoms with E-state index in [1.165, 1.54) is 0 Å². The Hall–Kier alpha value is -2.61. The van der Waals surface area contributed by atoms with E-state index in [2.05, 4.69) is 4.90 Å². The van der Waals surface area contributed by atoms with Gasteiger partial charge in [-0.05, 0) is 29.8 Å². The van der Waals surface area contributed by atoms with Gasteiger partial charge < -0.3 is 15.1 Å². The number of piperazine rings is 1. The molecule has 154 valence electrons. The van der Waals surface area contributed by atoms with Crippen LogP contribution in [0.1, 0.15) is 15.9 Å². The summed E-state index contributed by atoms with van der Waals surface area (Å²) >= 11 is 12.2. The zero-order valence-electron chi connectivity index (χ0n) is 15.4. The van der Waals surface area contributed by atoms with E-state index >= 15 is 0 Å². The van der Waals surface area contributed by atoms with Crippen LogP contribution in [0.3, 0.4) is 0 Å². The van der Waals surface area contributed by atoms with E-state index in [-0.39, 0.29) is 5.91 Å². The van der Waals surface area contributed by atoms with Gasteiger partial charge in [0.1, 0.15) is 0 Å². The molecule has 29 heavy (non-hydrogen) atoms. The van der Waals surface area contributed by atoms with Crippen molar-refractivity contribution in [2.24, 2.45) is 0 Å². The maximum Gasteiger partial charge on any atom is 0.414 e. The third-order valence-corrected chi connectivity index (χ3v) is 4.87. The summed E-state index contributed by atoms with van der Waals surface area (Å²) in [5.41, 5.74) is 1.78. The Labute approximate surface area is 178 Å². The number of rotatable bonds is 3. The maximum atomic E-state index is 12.5. The second-order valence-corrected chi connectivity index (χ2v) is 7.12. The highest BCUT2D eigenvalue weighted by atomic mass is 35.5. The molecular weight excluding hydrogens is 419 g/mol.